The lowest BCUT2D eigenvalue weighted by atomic mass is 10.1. The summed E-state index contributed by atoms with van der Waals surface area (Å²) < 4.78 is 5.52. The minimum atomic E-state index is -0.432. The summed E-state index contributed by atoms with van der Waals surface area (Å²) in [7, 11) is 0. The van der Waals surface area contributed by atoms with Gasteiger partial charge in [-0.15, -0.1) is 0 Å². The highest BCUT2D eigenvalue weighted by Crippen LogP contribution is 2.04. The number of hydrogen-bond acceptors (Lipinski definition) is 2. The van der Waals surface area contributed by atoms with Crippen molar-refractivity contribution in [3.8, 4) is 0 Å². The van der Waals surface area contributed by atoms with Gasteiger partial charge in [0.05, 0.1) is 19.3 Å². The smallest absolute Gasteiger partial charge is 0.0813 e. The number of aliphatic hydroxyl groups excluding tert-OH is 1. The first-order chi connectivity index (χ1) is 9.34. The molecule has 0 aliphatic heterocycles. The van der Waals surface area contributed by atoms with Crippen LogP contribution in [-0.2, 0) is 17.6 Å². The fraction of sp³-hybridized carbons (Fsp3) is 0.294. The van der Waals surface area contributed by atoms with Crippen LogP contribution in [-0.4, -0.2) is 24.4 Å². The highest BCUT2D eigenvalue weighted by molar-refractivity contribution is 5.15. The van der Waals surface area contributed by atoms with Gasteiger partial charge in [-0.1, -0.05) is 60.7 Å². The van der Waals surface area contributed by atoms with E-state index < -0.39 is 6.10 Å². The summed E-state index contributed by atoms with van der Waals surface area (Å²) in [5.74, 6) is 0. The van der Waals surface area contributed by atoms with Crippen molar-refractivity contribution in [3.05, 3.63) is 71.8 Å². The first-order valence-electron chi connectivity index (χ1n) is 6.68. The van der Waals surface area contributed by atoms with Gasteiger partial charge < -0.3 is 9.84 Å². The molecule has 2 aromatic rings. The van der Waals surface area contributed by atoms with Crippen LogP contribution in [0, 0.1) is 0 Å². The van der Waals surface area contributed by atoms with Crippen LogP contribution in [0.4, 0.5) is 0 Å². The maximum absolute atomic E-state index is 9.87. The van der Waals surface area contributed by atoms with E-state index in [9.17, 15) is 5.11 Å². The molecule has 0 heterocycles. The van der Waals surface area contributed by atoms with Gasteiger partial charge in [-0.25, -0.2) is 0 Å². The summed E-state index contributed by atoms with van der Waals surface area (Å²) in [6.07, 6.45) is 1.10. The molecule has 1 unspecified atom stereocenters. The molecule has 2 rings (SSSR count). The van der Waals surface area contributed by atoms with Crippen molar-refractivity contribution < 1.29 is 9.84 Å². The van der Waals surface area contributed by atoms with Crippen molar-refractivity contribution in [1.29, 1.82) is 0 Å². The quantitative estimate of drug-likeness (QED) is 0.772. The largest absolute Gasteiger partial charge is 0.390 e. The zero-order valence-corrected chi connectivity index (χ0v) is 11.0. The monoisotopic (exact) mass is 256 g/mol. The molecule has 0 fully saturated rings. The van der Waals surface area contributed by atoms with E-state index in [1.807, 2.05) is 48.5 Å². The molecule has 0 aromatic heterocycles. The van der Waals surface area contributed by atoms with E-state index in [-0.39, 0.29) is 0 Å². The fourth-order valence-electron chi connectivity index (χ4n) is 2.00. The van der Waals surface area contributed by atoms with E-state index in [4.69, 9.17) is 4.74 Å². The Kier molecular flexibility index (Phi) is 5.60. The van der Waals surface area contributed by atoms with E-state index in [1.54, 1.807) is 0 Å². The number of rotatable bonds is 7. The Labute approximate surface area is 114 Å². The molecule has 0 aliphatic carbocycles. The first kappa shape index (κ1) is 13.8. The predicted octanol–water partition coefficient (Wildman–Crippen LogP) is 2.85. The van der Waals surface area contributed by atoms with E-state index in [0.29, 0.717) is 19.6 Å². The Morgan fingerprint density at radius 3 is 2.05 bits per heavy atom. The summed E-state index contributed by atoms with van der Waals surface area (Å²) >= 11 is 0. The zero-order valence-electron chi connectivity index (χ0n) is 11.0. The molecule has 1 atom stereocenters. The average Bonchev–Trinajstić information content (AvgIpc) is 2.46. The Morgan fingerprint density at radius 2 is 1.42 bits per heavy atom. The van der Waals surface area contributed by atoms with Gasteiger partial charge >= 0.3 is 0 Å². The van der Waals surface area contributed by atoms with Crippen molar-refractivity contribution in [3.63, 3.8) is 0 Å². The lowest BCUT2D eigenvalue weighted by Gasteiger charge is -2.11. The lowest BCUT2D eigenvalue weighted by molar-refractivity contribution is 0.0384. The molecule has 100 valence electrons. The second kappa shape index (κ2) is 7.72. The molecule has 19 heavy (non-hydrogen) atoms. The minimum absolute atomic E-state index is 0.391. The third kappa shape index (κ3) is 5.25. The average molecular weight is 256 g/mol. The molecule has 0 amide bonds. The van der Waals surface area contributed by atoms with Gasteiger partial charge in [-0.3, -0.25) is 0 Å². The topological polar surface area (TPSA) is 29.5 Å². The zero-order chi connectivity index (χ0) is 13.3. The van der Waals surface area contributed by atoms with Crippen molar-refractivity contribution in [2.75, 3.05) is 13.2 Å². The summed E-state index contributed by atoms with van der Waals surface area (Å²) in [6.45, 7) is 1.04. The van der Waals surface area contributed by atoms with Crippen molar-refractivity contribution in [2.45, 2.75) is 18.9 Å². The molecular formula is C17H20O2. The number of aliphatic hydroxyl groups is 1. The summed E-state index contributed by atoms with van der Waals surface area (Å²) in [6, 6.07) is 20.2. The first-order valence-corrected chi connectivity index (χ1v) is 6.68. The summed E-state index contributed by atoms with van der Waals surface area (Å²) in [4.78, 5) is 0. The molecule has 0 aliphatic rings. The van der Waals surface area contributed by atoms with Gasteiger partial charge in [0.15, 0.2) is 0 Å². The Hall–Kier alpha value is -1.64. The molecule has 0 saturated carbocycles. The van der Waals surface area contributed by atoms with Crippen LogP contribution < -0.4 is 0 Å². The second-order valence-electron chi connectivity index (χ2n) is 4.65. The van der Waals surface area contributed by atoms with Crippen LogP contribution in [0.5, 0.6) is 0 Å². The second-order valence-corrected chi connectivity index (χ2v) is 4.65. The third-order valence-corrected chi connectivity index (χ3v) is 3.00. The number of benzene rings is 2. The number of ether oxygens (including phenoxy) is 1. The van der Waals surface area contributed by atoms with Gasteiger partial charge in [0.25, 0.3) is 0 Å². The van der Waals surface area contributed by atoms with Crippen LogP contribution in [0.2, 0.25) is 0 Å². The molecule has 0 spiro atoms. The summed E-state index contributed by atoms with van der Waals surface area (Å²) in [5.41, 5.74) is 2.40. The third-order valence-electron chi connectivity index (χ3n) is 3.00. The maximum Gasteiger partial charge on any atom is 0.0813 e. The molecule has 0 saturated heterocycles. The molecule has 2 nitrogen and oxygen atoms in total. The van der Waals surface area contributed by atoms with Crippen LogP contribution >= 0.6 is 0 Å². The van der Waals surface area contributed by atoms with Crippen LogP contribution in [0.3, 0.4) is 0 Å². The van der Waals surface area contributed by atoms with Gasteiger partial charge in [0, 0.05) is 6.42 Å². The Morgan fingerprint density at radius 1 is 0.842 bits per heavy atom. The number of hydrogen-bond donors (Lipinski definition) is 1. The molecular weight excluding hydrogens is 236 g/mol. The van der Waals surface area contributed by atoms with Crippen molar-refractivity contribution >= 4 is 0 Å². The van der Waals surface area contributed by atoms with E-state index in [0.717, 1.165) is 12.0 Å². The van der Waals surface area contributed by atoms with Crippen LogP contribution in [0.25, 0.3) is 0 Å². The molecule has 0 bridgehead atoms. The van der Waals surface area contributed by atoms with E-state index in [1.165, 1.54) is 5.56 Å². The van der Waals surface area contributed by atoms with E-state index >= 15 is 0 Å². The van der Waals surface area contributed by atoms with Crippen LogP contribution in [0.1, 0.15) is 11.1 Å². The predicted molar refractivity (Wildman–Crippen MR) is 77.1 cm³/mol. The lowest BCUT2D eigenvalue weighted by Crippen LogP contribution is -2.19. The summed E-state index contributed by atoms with van der Waals surface area (Å²) in [5, 5.41) is 9.87. The highest BCUT2D eigenvalue weighted by Gasteiger charge is 2.05. The van der Waals surface area contributed by atoms with Gasteiger partial charge in [-0.2, -0.15) is 0 Å². The highest BCUT2D eigenvalue weighted by atomic mass is 16.5. The fourth-order valence-corrected chi connectivity index (χ4v) is 2.00. The minimum Gasteiger partial charge on any atom is -0.390 e. The molecule has 0 radical (unpaired) electrons. The van der Waals surface area contributed by atoms with Crippen molar-refractivity contribution in [2.24, 2.45) is 0 Å². The Balaban J connectivity index is 1.63. The standard InChI is InChI=1S/C17H20O2/c18-17(13-16-9-5-2-6-10-16)14-19-12-11-15-7-3-1-4-8-15/h1-10,17-18H,11-14H2. The van der Waals surface area contributed by atoms with Crippen molar-refractivity contribution in [1.82, 2.24) is 0 Å². The normalized spacial score (nSPS) is 12.3. The van der Waals surface area contributed by atoms with Gasteiger partial charge in [-0.05, 0) is 17.5 Å². The molecule has 2 heteroatoms. The van der Waals surface area contributed by atoms with E-state index in [2.05, 4.69) is 12.1 Å². The van der Waals surface area contributed by atoms with Gasteiger partial charge in [0.1, 0.15) is 0 Å². The molecule has 1 N–H and O–H groups in total. The SMILES string of the molecule is OC(COCCc1ccccc1)Cc1ccccc1. The molecule has 2 aromatic carbocycles. The van der Waals surface area contributed by atoms with Crippen LogP contribution in [0.15, 0.2) is 60.7 Å². The van der Waals surface area contributed by atoms with Gasteiger partial charge in [0.2, 0.25) is 0 Å². The maximum atomic E-state index is 9.87. The Bertz CT molecular complexity index is 453.